The average molecular weight is 314 g/mol. The molecular weight excluding hydrogens is 292 g/mol. The van der Waals surface area contributed by atoms with Gasteiger partial charge in [0, 0.05) is 32.5 Å². The van der Waals surface area contributed by atoms with Crippen molar-refractivity contribution in [1.29, 1.82) is 0 Å². The van der Waals surface area contributed by atoms with Crippen molar-refractivity contribution in [2.75, 3.05) is 26.4 Å². The van der Waals surface area contributed by atoms with Gasteiger partial charge in [-0.2, -0.15) is 0 Å². The Morgan fingerprint density at radius 2 is 2.00 bits per heavy atom. The molecule has 0 spiro atoms. The summed E-state index contributed by atoms with van der Waals surface area (Å²) in [5.74, 6) is 0. The van der Waals surface area contributed by atoms with Gasteiger partial charge in [-0.3, -0.25) is 4.98 Å². The van der Waals surface area contributed by atoms with E-state index < -0.39 is 10.0 Å². The lowest BCUT2D eigenvalue weighted by Crippen LogP contribution is -2.38. The predicted molar refractivity (Wildman–Crippen MR) is 81.3 cm³/mol. The largest absolute Gasteiger partial charge is 0.338 e. The van der Waals surface area contributed by atoms with Gasteiger partial charge in [-0.1, -0.05) is 0 Å². The molecule has 0 saturated carbocycles. The molecule has 0 aliphatic carbocycles. The van der Waals surface area contributed by atoms with Crippen LogP contribution in [0.3, 0.4) is 0 Å². The Kier molecular flexibility index (Phi) is 6.57. The first-order valence-corrected chi connectivity index (χ1v) is 8.51. The van der Waals surface area contributed by atoms with Gasteiger partial charge in [-0.05, 0) is 31.0 Å². The summed E-state index contributed by atoms with van der Waals surface area (Å²) in [6.45, 7) is 2.67. The molecule has 2 N–H and O–H groups in total. The summed E-state index contributed by atoms with van der Waals surface area (Å²) in [5, 5.41) is 5.51. The number of pyridine rings is 1. The van der Waals surface area contributed by atoms with Crippen molar-refractivity contribution in [3.05, 3.63) is 30.1 Å². The first kappa shape index (κ1) is 17.4. The van der Waals surface area contributed by atoms with E-state index >= 15 is 0 Å². The number of hydrogen-bond acceptors (Lipinski definition) is 4. The van der Waals surface area contributed by atoms with E-state index in [1.165, 1.54) is 11.4 Å². The molecule has 0 bridgehead atoms. The third-order valence-electron chi connectivity index (χ3n) is 3.06. The summed E-state index contributed by atoms with van der Waals surface area (Å²) >= 11 is 0. The van der Waals surface area contributed by atoms with Crippen LogP contribution in [0.25, 0.3) is 0 Å². The van der Waals surface area contributed by atoms with Gasteiger partial charge in [0.05, 0.1) is 12.3 Å². The second-order valence-corrected chi connectivity index (χ2v) is 6.93. The fourth-order valence-corrected chi connectivity index (χ4v) is 2.11. The maximum atomic E-state index is 11.7. The standard InChI is InChI=1S/C13H22N4O3S/c1-11(12-5-8-14-9-6-12)16-13(18)15-7-4-10-17(2)21(3,19)20/h5-6,8-9,11H,4,7,10H2,1-3H3,(H2,15,16,18)/t11-/m0/s1. The maximum absolute atomic E-state index is 11.7. The molecule has 1 heterocycles. The molecule has 0 fully saturated rings. The predicted octanol–water partition coefficient (Wildman–Crippen LogP) is 0.723. The van der Waals surface area contributed by atoms with E-state index in [0.717, 1.165) is 11.8 Å². The first-order chi connectivity index (χ1) is 9.80. The third-order valence-corrected chi connectivity index (χ3v) is 4.37. The van der Waals surface area contributed by atoms with Gasteiger partial charge < -0.3 is 10.6 Å². The van der Waals surface area contributed by atoms with Crippen LogP contribution in [-0.4, -0.2) is 50.1 Å². The highest BCUT2D eigenvalue weighted by Crippen LogP contribution is 2.09. The maximum Gasteiger partial charge on any atom is 0.315 e. The Balaban J connectivity index is 2.26. The normalized spacial score (nSPS) is 13.0. The lowest BCUT2D eigenvalue weighted by molar-refractivity contribution is 0.237. The van der Waals surface area contributed by atoms with Crippen molar-refractivity contribution in [2.45, 2.75) is 19.4 Å². The highest BCUT2D eigenvalue weighted by molar-refractivity contribution is 7.88. The minimum atomic E-state index is -3.16. The molecular formula is C13H22N4O3S. The molecule has 2 amide bonds. The zero-order valence-corrected chi connectivity index (χ0v) is 13.4. The third kappa shape index (κ3) is 6.54. The molecule has 1 aromatic heterocycles. The van der Waals surface area contributed by atoms with E-state index in [4.69, 9.17) is 0 Å². The molecule has 118 valence electrons. The van der Waals surface area contributed by atoms with Crippen LogP contribution >= 0.6 is 0 Å². The Labute approximate surface area is 125 Å². The smallest absolute Gasteiger partial charge is 0.315 e. The molecule has 1 rings (SSSR count). The quantitative estimate of drug-likeness (QED) is 0.726. The van der Waals surface area contributed by atoms with Gasteiger partial charge in [-0.15, -0.1) is 0 Å². The van der Waals surface area contributed by atoms with E-state index in [0.29, 0.717) is 19.5 Å². The number of nitrogens with one attached hydrogen (secondary N) is 2. The van der Waals surface area contributed by atoms with Crippen molar-refractivity contribution in [2.24, 2.45) is 0 Å². The second-order valence-electron chi connectivity index (χ2n) is 4.84. The molecule has 0 unspecified atom stereocenters. The van der Waals surface area contributed by atoms with Gasteiger partial charge in [0.15, 0.2) is 0 Å². The van der Waals surface area contributed by atoms with Crippen LogP contribution in [0.5, 0.6) is 0 Å². The van der Waals surface area contributed by atoms with Crippen molar-refractivity contribution in [3.8, 4) is 0 Å². The molecule has 1 atom stereocenters. The Hall–Kier alpha value is -1.67. The fourth-order valence-electron chi connectivity index (χ4n) is 1.65. The summed E-state index contributed by atoms with van der Waals surface area (Å²) in [4.78, 5) is 15.6. The van der Waals surface area contributed by atoms with E-state index in [-0.39, 0.29) is 12.1 Å². The molecule has 0 radical (unpaired) electrons. The molecule has 1 aromatic rings. The van der Waals surface area contributed by atoms with Crippen LogP contribution < -0.4 is 10.6 Å². The number of amides is 2. The molecule has 0 aliphatic rings. The number of hydrogen-bond donors (Lipinski definition) is 2. The topological polar surface area (TPSA) is 91.4 Å². The molecule has 0 aliphatic heterocycles. The Bertz CT molecular complexity index is 548. The van der Waals surface area contributed by atoms with Gasteiger partial charge in [0.25, 0.3) is 0 Å². The summed E-state index contributed by atoms with van der Waals surface area (Å²) in [7, 11) is -1.64. The van der Waals surface area contributed by atoms with Crippen LogP contribution in [0.4, 0.5) is 4.79 Å². The van der Waals surface area contributed by atoms with E-state index in [9.17, 15) is 13.2 Å². The molecule has 21 heavy (non-hydrogen) atoms. The van der Waals surface area contributed by atoms with Crippen LogP contribution in [0.15, 0.2) is 24.5 Å². The van der Waals surface area contributed by atoms with Gasteiger partial charge in [0.1, 0.15) is 0 Å². The minimum absolute atomic E-state index is 0.119. The number of nitrogens with zero attached hydrogens (tertiary/aromatic N) is 2. The first-order valence-electron chi connectivity index (χ1n) is 6.66. The highest BCUT2D eigenvalue weighted by Gasteiger charge is 2.11. The number of carbonyl (C=O) groups excluding carboxylic acids is 1. The minimum Gasteiger partial charge on any atom is -0.338 e. The monoisotopic (exact) mass is 314 g/mol. The number of aromatic nitrogens is 1. The van der Waals surface area contributed by atoms with Gasteiger partial charge in [0.2, 0.25) is 10.0 Å². The summed E-state index contributed by atoms with van der Waals surface area (Å²) < 4.78 is 23.6. The zero-order chi connectivity index (χ0) is 15.9. The van der Waals surface area contributed by atoms with Crippen LogP contribution in [0.2, 0.25) is 0 Å². The second kappa shape index (κ2) is 7.94. The van der Waals surface area contributed by atoms with Crippen molar-refractivity contribution < 1.29 is 13.2 Å². The zero-order valence-electron chi connectivity index (χ0n) is 12.5. The molecule has 7 nitrogen and oxygen atoms in total. The highest BCUT2D eigenvalue weighted by atomic mass is 32.2. The van der Waals surface area contributed by atoms with E-state index in [2.05, 4.69) is 15.6 Å². The van der Waals surface area contributed by atoms with Crippen molar-refractivity contribution in [1.82, 2.24) is 19.9 Å². The molecule has 0 aromatic carbocycles. The summed E-state index contributed by atoms with van der Waals surface area (Å²) in [6, 6.07) is 3.28. The van der Waals surface area contributed by atoms with Crippen molar-refractivity contribution in [3.63, 3.8) is 0 Å². The summed E-state index contributed by atoms with van der Waals surface area (Å²) in [6.07, 6.45) is 5.06. The van der Waals surface area contributed by atoms with Crippen LogP contribution in [0.1, 0.15) is 24.9 Å². The molecule has 0 saturated heterocycles. The lowest BCUT2D eigenvalue weighted by Gasteiger charge is -2.16. The number of rotatable bonds is 7. The molecule has 8 heteroatoms. The van der Waals surface area contributed by atoms with Crippen LogP contribution in [-0.2, 0) is 10.0 Å². The van der Waals surface area contributed by atoms with Crippen molar-refractivity contribution >= 4 is 16.1 Å². The van der Waals surface area contributed by atoms with Gasteiger partial charge in [-0.25, -0.2) is 17.5 Å². The Morgan fingerprint density at radius 3 is 2.57 bits per heavy atom. The lowest BCUT2D eigenvalue weighted by atomic mass is 10.1. The summed E-state index contributed by atoms with van der Waals surface area (Å²) in [5.41, 5.74) is 0.969. The Morgan fingerprint density at radius 1 is 1.38 bits per heavy atom. The SMILES string of the molecule is C[C@H](NC(=O)NCCCN(C)S(C)(=O)=O)c1ccncc1. The number of sulfonamides is 1. The van der Waals surface area contributed by atoms with Gasteiger partial charge >= 0.3 is 6.03 Å². The van der Waals surface area contributed by atoms with E-state index in [1.807, 2.05) is 19.1 Å². The average Bonchev–Trinajstić information content (AvgIpc) is 2.43. The number of carbonyl (C=O) groups is 1. The van der Waals surface area contributed by atoms with Crippen LogP contribution in [0, 0.1) is 0 Å². The fraction of sp³-hybridized carbons (Fsp3) is 0.538. The van der Waals surface area contributed by atoms with E-state index in [1.54, 1.807) is 12.4 Å². The number of urea groups is 1.